The highest BCUT2D eigenvalue weighted by Gasteiger charge is 2.34. The van der Waals surface area contributed by atoms with E-state index in [1.807, 2.05) is 30.3 Å². The minimum Gasteiger partial charge on any atom is -0.368 e. The van der Waals surface area contributed by atoms with E-state index in [0.717, 1.165) is 12.0 Å². The van der Waals surface area contributed by atoms with E-state index in [2.05, 4.69) is 5.32 Å². The molecule has 0 saturated carbocycles. The molecule has 6 nitrogen and oxygen atoms in total. The molecule has 0 bridgehead atoms. The van der Waals surface area contributed by atoms with Crippen LogP contribution in [0.1, 0.15) is 25.3 Å². The number of hydrogen-bond acceptors (Lipinski definition) is 3. The Balaban J connectivity index is 1.99. The second-order valence-corrected chi connectivity index (χ2v) is 5.54. The Hall–Kier alpha value is -2.37. The molecule has 0 radical (unpaired) electrons. The summed E-state index contributed by atoms with van der Waals surface area (Å²) in [6.45, 7) is 2.10. The van der Waals surface area contributed by atoms with Crippen LogP contribution < -0.4 is 11.1 Å². The van der Waals surface area contributed by atoms with Gasteiger partial charge in [-0.15, -0.1) is 0 Å². The zero-order valence-electron chi connectivity index (χ0n) is 12.6. The normalized spacial score (nSPS) is 18.8. The van der Waals surface area contributed by atoms with Crippen LogP contribution in [0.25, 0.3) is 0 Å². The van der Waals surface area contributed by atoms with Crippen LogP contribution in [0, 0.1) is 0 Å². The Morgan fingerprint density at radius 1 is 1.32 bits per heavy atom. The second kappa shape index (κ2) is 7.06. The van der Waals surface area contributed by atoms with E-state index in [0.29, 0.717) is 13.0 Å². The number of carbonyl (C=O) groups excluding carboxylic acids is 3. The molecule has 0 aromatic heterocycles. The number of rotatable bonds is 5. The Morgan fingerprint density at radius 2 is 2.00 bits per heavy atom. The van der Waals surface area contributed by atoms with Crippen LogP contribution in [-0.4, -0.2) is 41.2 Å². The molecule has 0 spiro atoms. The van der Waals surface area contributed by atoms with Crippen molar-refractivity contribution >= 4 is 17.7 Å². The molecule has 22 heavy (non-hydrogen) atoms. The molecule has 1 saturated heterocycles. The molecular formula is C16H21N3O3. The fourth-order valence-electron chi connectivity index (χ4n) is 2.59. The van der Waals surface area contributed by atoms with E-state index in [1.54, 1.807) is 4.90 Å². The Labute approximate surface area is 129 Å². The number of nitrogens with zero attached hydrogens (tertiary/aromatic N) is 1. The first-order chi connectivity index (χ1) is 10.5. The van der Waals surface area contributed by atoms with E-state index in [4.69, 9.17) is 5.73 Å². The summed E-state index contributed by atoms with van der Waals surface area (Å²) in [6.07, 6.45) is 1.66. The number of benzene rings is 1. The van der Waals surface area contributed by atoms with Gasteiger partial charge in [-0.1, -0.05) is 30.3 Å². The summed E-state index contributed by atoms with van der Waals surface area (Å²) in [4.78, 5) is 37.2. The lowest BCUT2D eigenvalue weighted by molar-refractivity contribution is -0.138. The Bertz CT molecular complexity index is 559. The number of nitrogens with two attached hydrogens (primary N) is 1. The van der Waals surface area contributed by atoms with Crippen molar-refractivity contribution in [3.8, 4) is 0 Å². The molecule has 0 aliphatic carbocycles. The Morgan fingerprint density at radius 3 is 2.64 bits per heavy atom. The third kappa shape index (κ3) is 3.84. The predicted molar refractivity (Wildman–Crippen MR) is 81.7 cm³/mol. The molecule has 3 amide bonds. The number of likely N-dealkylation sites (tertiary alicyclic amines) is 1. The molecule has 1 aromatic rings. The average molecular weight is 303 g/mol. The van der Waals surface area contributed by atoms with E-state index in [1.165, 1.54) is 6.92 Å². The van der Waals surface area contributed by atoms with Crippen molar-refractivity contribution in [2.45, 2.75) is 38.3 Å². The fourth-order valence-corrected chi connectivity index (χ4v) is 2.59. The number of primary amides is 1. The summed E-state index contributed by atoms with van der Waals surface area (Å²) in [6, 6.07) is 8.18. The summed E-state index contributed by atoms with van der Waals surface area (Å²) < 4.78 is 0. The van der Waals surface area contributed by atoms with Crippen LogP contribution in [-0.2, 0) is 20.8 Å². The van der Waals surface area contributed by atoms with Crippen LogP contribution in [0.4, 0.5) is 0 Å². The topological polar surface area (TPSA) is 92.5 Å². The molecule has 1 aromatic carbocycles. The third-order valence-corrected chi connectivity index (χ3v) is 3.86. The molecule has 2 unspecified atom stereocenters. The molecule has 1 aliphatic rings. The van der Waals surface area contributed by atoms with Crippen LogP contribution >= 0.6 is 0 Å². The zero-order chi connectivity index (χ0) is 16.1. The van der Waals surface area contributed by atoms with Crippen molar-refractivity contribution in [2.24, 2.45) is 5.73 Å². The van der Waals surface area contributed by atoms with Gasteiger partial charge in [0.1, 0.15) is 12.1 Å². The quantitative estimate of drug-likeness (QED) is 0.814. The van der Waals surface area contributed by atoms with Crippen molar-refractivity contribution in [2.75, 3.05) is 6.54 Å². The standard InChI is InChI=1S/C16H21N3O3/c1-11(15(17)21)18-16(22)13-8-5-9-19(13)14(20)10-12-6-3-2-4-7-12/h2-4,6-7,11,13H,5,8-10H2,1H3,(H2,17,21)(H,18,22). The molecule has 2 atom stereocenters. The van der Waals surface area contributed by atoms with Gasteiger partial charge in [0.15, 0.2) is 0 Å². The highest BCUT2D eigenvalue weighted by atomic mass is 16.2. The van der Waals surface area contributed by atoms with Gasteiger partial charge in [0.2, 0.25) is 17.7 Å². The highest BCUT2D eigenvalue weighted by molar-refractivity contribution is 5.92. The maximum absolute atomic E-state index is 12.4. The maximum Gasteiger partial charge on any atom is 0.243 e. The van der Waals surface area contributed by atoms with E-state index >= 15 is 0 Å². The first-order valence-corrected chi connectivity index (χ1v) is 7.42. The average Bonchev–Trinajstić information content (AvgIpc) is 2.97. The van der Waals surface area contributed by atoms with Gasteiger partial charge in [0.05, 0.1) is 6.42 Å². The fraction of sp³-hybridized carbons (Fsp3) is 0.438. The van der Waals surface area contributed by atoms with Gasteiger partial charge < -0.3 is 16.0 Å². The smallest absolute Gasteiger partial charge is 0.243 e. The molecule has 1 aliphatic heterocycles. The molecule has 2 rings (SSSR count). The van der Waals surface area contributed by atoms with Crippen molar-refractivity contribution in [3.05, 3.63) is 35.9 Å². The largest absolute Gasteiger partial charge is 0.368 e. The van der Waals surface area contributed by atoms with Crippen LogP contribution in [0.2, 0.25) is 0 Å². The highest BCUT2D eigenvalue weighted by Crippen LogP contribution is 2.19. The molecule has 3 N–H and O–H groups in total. The maximum atomic E-state index is 12.4. The van der Waals surface area contributed by atoms with Gasteiger partial charge in [-0.3, -0.25) is 14.4 Å². The van der Waals surface area contributed by atoms with Crippen molar-refractivity contribution in [1.29, 1.82) is 0 Å². The van der Waals surface area contributed by atoms with Gasteiger partial charge in [0, 0.05) is 6.54 Å². The summed E-state index contributed by atoms with van der Waals surface area (Å²) in [5.74, 6) is -0.978. The van der Waals surface area contributed by atoms with E-state index in [-0.39, 0.29) is 18.2 Å². The zero-order valence-corrected chi connectivity index (χ0v) is 12.6. The minimum absolute atomic E-state index is 0.0735. The molecule has 1 fully saturated rings. The van der Waals surface area contributed by atoms with Crippen LogP contribution in [0.3, 0.4) is 0 Å². The van der Waals surface area contributed by atoms with Crippen LogP contribution in [0.5, 0.6) is 0 Å². The predicted octanol–water partition coefficient (Wildman–Crippen LogP) is 0.210. The molecule has 1 heterocycles. The van der Waals surface area contributed by atoms with Crippen molar-refractivity contribution < 1.29 is 14.4 Å². The summed E-state index contributed by atoms with van der Waals surface area (Å²) in [5.41, 5.74) is 6.07. The lowest BCUT2D eigenvalue weighted by Gasteiger charge is -2.25. The lowest BCUT2D eigenvalue weighted by Crippen LogP contribution is -2.51. The minimum atomic E-state index is -0.737. The van der Waals surface area contributed by atoms with E-state index in [9.17, 15) is 14.4 Å². The monoisotopic (exact) mass is 303 g/mol. The van der Waals surface area contributed by atoms with Crippen molar-refractivity contribution in [1.82, 2.24) is 10.2 Å². The number of nitrogens with one attached hydrogen (secondary N) is 1. The molecular weight excluding hydrogens is 282 g/mol. The number of hydrogen-bond donors (Lipinski definition) is 2. The first kappa shape index (κ1) is 16.0. The summed E-state index contributed by atoms with van der Waals surface area (Å²) in [7, 11) is 0. The van der Waals surface area contributed by atoms with Gasteiger partial charge in [-0.05, 0) is 25.3 Å². The number of carbonyl (C=O) groups is 3. The van der Waals surface area contributed by atoms with Gasteiger partial charge in [0.25, 0.3) is 0 Å². The van der Waals surface area contributed by atoms with Gasteiger partial charge in [-0.25, -0.2) is 0 Å². The summed E-state index contributed by atoms with van der Waals surface area (Å²) in [5, 5.41) is 2.56. The Kier molecular flexibility index (Phi) is 5.14. The van der Waals surface area contributed by atoms with Gasteiger partial charge in [-0.2, -0.15) is 0 Å². The van der Waals surface area contributed by atoms with Gasteiger partial charge >= 0.3 is 0 Å². The molecule has 118 valence electrons. The lowest BCUT2D eigenvalue weighted by atomic mass is 10.1. The summed E-state index contributed by atoms with van der Waals surface area (Å²) >= 11 is 0. The van der Waals surface area contributed by atoms with Crippen LogP contribution in [0.15, 0.2) is 30.3 Å². The first-order valence-electron chi connectivity index (χ1n) is 7.42. The SMILES string of the molecule is CC(NC(=O)C1CCCN1C(=O)Cc1ccccc1)C(N)=O. The van der Waals surface area contributed by atoms with E-state index < -0.39 is 18.0 Å². The second-order valence-electron chi connectivity index (χ2n) is 5.54. The third-order valence-electron chi connectivity index (χ3n) is 3.86. The number of amides is 3. The molecule has 6 heteroatoms. The van der Waals surface area contributed by atoms with Crippen molar-refractivity contribution in [3.63, 3.8) is 0 Å².